The minimum Gasteiger partial charge on any atom is -0.491 e. The molecule has 38 heavy (non-hydrogen) atoms. The van der Waals surface area contributed by atoms with Crippen LogP contribution in [0.3, 0.4) is 0 Å². The van der Waals surface area contributed by atoms with E-state index in [0.717, 1.165) is 33.9 Å². The average molecular weight is 528 g/mol. The molecule has 1 aromatic heterocycles. The topological polar surface area (TPSA) is 92.4 Å². The zero-order chi connectivity index (χ0) is 26.9. The van der Waals surface area contributed by atoms with E-state index in [4.69, 9.17) is 10.00 Å². The Kier molecular flexibility index (Phi) is 7.06. The Morgan fingerprint density at radius 2 is 1.76 bits per heavy atom. The van der Waals surface area contributed by atoms with Gasteiger partial charge in [0, 0.05) is 36.1 Å². The van der Waals surface area contributed by atoms with Gasteiger partial charge in [0.2, 0.25) is 10.0 Å². The Morgan fingerprint density at radius 1 is 1.05 bits per heavy atom. The lowest BCUT2D eigenvalue weighted by Gasteiger charge is -2.17. The first-order valence-electron chi connectivity index (χ1n) is 12.6. The molecule has 4 aromatic rings. The number of nitrogens with zero attached hydrogens (tertiary/aromatic N) is 3. The molecule has 7 nitrogen and oxygen atoms in total. The first-order valence-corrected chi connectivity index (χ1v) is 14.1. The van der Waals surface area contributed by atoms with Crippen LogP contribution in [0, 0.1) is 11.3 Å². The van der Waals surface area contributed by atoms with Crippen molar-refractivity contribution in [2.24, 2.45) is 0 Å². The maximum atomic E-state index is 13.4. The number of aldehydes is 1. The molecule has 1 aliphatic rings. The molecule has 1 fully saturated rings. The number of benzene rings is 3. The monoisotopic (exact) mass is 527 g/mol. The molecule has 0 N–H and O–H groups in total. The number of aromatic nitrogens is 1. The fraction of sp³-hybridized carbons (Fsp3) is 0.267. The van der Waals surface area contributed by atoms with Crippen LogP contribution in [0.5, 0.6) is 5.75 Å². The van der Waals surface area contributed by atoms with Gasteiger partial charge < -0.3 is 14.1 Å². The summed E-state index contributed by atoms with van der Waals surface area (Å²) in [4.78, 5) is 11.7. The summed E-state index contributed by atoms with van der Waals surface area (Å²) < 4.78 is 35.9. The summed E-state index contributed by atoms with van der Waals surface area (Å²) in [5.74, 6) is 0.658. The van der Waals surface area contributed by atoms with Gasteiger partial charge >= 0.3 is 0 Å². The van der Waals surface area contributed by atoms with Crippen molar-refractivity contribution in [3.8, 4) is 22.9 Å². The summed E-state index contributed by atoms with van der Waals surface area (Å²) in [6, 6.07) is 22.2. The Balaban J connectivity index is 1.42. The first kappa shape index (κ1) is 25.7. The number of carbonyl (C=O) groups is 1. The van der Waals surface area contributed by atoms with Crippen molar-refractivity contribution in [3.63, 3.8) is 0 Å². The van der Waals surface area contributed by atoms with E-state index in [0.29, 0.717) is 30.8 Å². The van der Waals surface area contributed by atoms with E-state index >= 15 is 0 Å². The molecule has 1 unspecified atom stereocenters. The molecule has 0 bridgehead atoms. The van der Waals surface area contributed by atoms with Crippen molar-refractivity contribution in [3.05, 3.63) is 84.1 Å². The SMILES string of the molecule is CC(C)Oc1ccc(S(=O)(=O)N2CCC(c3cn(CC=O)c4cc(-c5ccc(C#N)cc5)ccc34)C2)cc1. The van der Waals surface area contributed by atoms with Gasteiger partial charge in [-0.1, -0.05) is 24.3 Å². The third kappa shape index (κ3) is 4.95. The maximum Gasteiger partial charge on any atom is 0.243 e. The number of sulfonamides is 1. The van der Waals surface area contributed by atoms with Gasteiger partial charge in [-0.15, -0.1) is 0 Å². The summed E-state index contributed by atoms with van der Waals surface area (Å²) in [6.07, 6.45) is 3.57. The number of ether oxygens (including phenoxy) is 1. The van der Waals surface area contributed by atoms with Gasteiger partial charge in [0.25, 0.3) is 0 Å². The summed E-state index contributed by atoms with van der Waals surface area (Å²) in [5, 5.41) is 10.1. The van der Waals surface area contributed by atoms with Gasteiger partial charge in [-0.05, 0) is 79.4 Å². The van der Waals surface area contributed by atoms with Gasteiger partial charge in [0.05, 0.1) is 29.2 Å². The van der Waals surface area contributed by atoms with Gasteiger partial charge in [-0.2, -0.15) is 9.57 Å². The number of hydrogen-bond donors (Lipinski definition) is 0. The van der Waals surface area contributed by atoms with Crippen LogP contribution in [0.4, 0.5) is 0 Å². The van der Waals surface area contributed by atoms with Crippen LogP contribution in [0.15, 0.2) is 77.8 Å². The van der Waals surface area contributed by atoms with Crippen molar-refractivity contribution in [2.75, 3.05) is 13.1 Å². The third-order valence-corrected chi connectivity index (χ3v) is 8.84. The van der Waals surface area contributed by atoms with Crippen molar-refractivity contribution in [1.29, 1.82) is 5.26 Å². The lowest BCUT2D eigenvalue weighted by atomic mass is 9.96. The molecule has 0 aliphatic carbocycles. The Labute approximate surface area is 222 Å². The van der Waals surface area contributed by atoms with E-state index in [-0.39, 0.29) is 23.5 Å². The van der Waals surface area contributed by atoms with E-state index in [1.54, 1.807) is 40.7 Å². The normalized spacial score (nSPS) is 16.1. The van der Waals surface area contributed by atoms with Crippen LogP contribution in [0.2, 0.25) is 0 Å². The van der Waals surface area contributed by atoms with Crippen LogP contribution in [-0.2, 0) is 21.4 Å². The van der Waals surface area contributed by atoms with E-state index in [1.165, 1.54) is 0 Å². The largest absolute Gasteiger partial charge is 0.491 e. The average Bonchev–Trinajstić information content (AvgIpc) is 3.55. The molecule has 8 heteroatoms. The molecule has 3 aromatic carbocycles. The zero-order valence-corrected chi connectivity index (χ0v) is 22.2. The highest BCUT2D eigenvalue weighted by atomic mass is 32.2. The minimum atomic E-state index is -3.64. The lowest BCUT2D eigenvalue weighted by Crippen LogP contribution is -2.28. The van der Waals surface area contributed by atoms with Crippen LogP contribution < -0.4 is 4.74 Å². The van der Waals surface area contributed by atoms with Crippen LogP contribution in [0.25, 0.3) is 22.0 Å². The Bertz CT molecular complexity index is 1620. The molecule has 0 radical (unpaired) electrons. The van der Waals surface area contributed by atoms with Gasteiger partial charge in [0.1, 0.15) is 12.0 Å². The van der Waals surface area contributed by atoms with Crippen molar-refractivity contribution in [1.82, 2.24) is 8.87 Å². The van der Waals surface area contributed by atoms with Gasteiger partial charge in [-0.25, -0.2) is 8.42 Å². The van der Waals surface area contributed by atoms with Crippen molar-refractivity contribution >= 4 is 27.2 Å². The quantitative estimate of drug-likeness (QED) is 0.288. The van der Waals surface area contributed by atoms with Gasteiger partial charge in [-0.3, -0.25) is 0 Å². The summed E-state index contributed by atoms with van der Waals surface area (Å²) in [5.41, 5.74) is 4.54. The maximum absolute atomic E-state index is 13.4. The smallest absolute Gasteiger partial charge is 0.243 e. The third-order valence-electron chi connectivity index (χ3n) is 6.96. The molecule has 1 saturated heterocycles. The Morgan fingerprint density at radius 3 is 2.42 bits per heavy atom. The zero-order valence-electron chi connectivity index (χ0n) is 21.4. The standard InChI is InChI=1S/C30H29N3O4S/c1-21(2)37-26-8-10-27(11-9-26)38(35,36)33-14-13-25(19-33)29-20-32(15-16-34)30-17-24(7-12-28(29)30)23-5-3-22(18-31)4-6-23/h3-12,16-17,20-21,25H,13-15,19H2,1-2H3. The summed E-state index contributed by atoms with van der Waals surface area (Å²) in [7, 11) is -3.64. The second kappa shape index (κ2) is 10.4. The predicted octanol–water partition coefficient (Wildman–Crippen LogP) is 5.34. The molecule has 0 amide bonds. The van der Waals surface area contributed by atoms with Crippen LogP contribution >= 0.6 is 0 Å². The molecule has 0 saturated carbocycles. The van der Waals surface area contributed by atoms with Gasteiger partial charge in [0.15, 0.2) is 0 Å². The molecule has 5 rings (SSSR count). The lowest BCUT2D eigenvalue weighted by molar-refractivity contribution is -0.108. The second-order valence-electron chi connectivity index (χ2n) is 9.81. The molecule has 0 spiro atoms. The Hall–Kier alpha value is -3.93. The van der Waals surface area contributed by atoms with Crippen LogP contribution in [0.1, 0.15) is 37.3 Å². The number of hydrogen-bond acceptors (Lipinski definition) is 5. The molecular weight excluding hydrogens is 498 g/mol. The number of fused-ring (bicyclic) bond motifs is 1. The summed E-state index contributed by atoms with van der Waals surface area (Å²) in [6.45, 7) is 4.88. The number of nitriles is 1. The fourth-order valence-electron chi connectivity index (χ4n) is 5.11. The molecule has 1 aliphatic heterocycles. The predicted molar refractivity (Wildman–Crippen MR) is 146 cm³/mol. The van der Waals surface area contributed by atoms with E-state index in [1.807, 2.05) is 54.9 Å². The highest BCUT2D eigenvalue weighted by Crippen LogP contribution is 2.37. The van der Waals surface area contributed by atoms with E-state index in [2.05, 4.69) is 6.07 Å². The summed E-state index contributed by atoms with van der Waals surface area (Å²) >= 11 is 0. The van der Waals surface area contributed by atoms with Crippen molar-refractivity contribution < 1.29 is 17.9 Å². The highest BCUT2D eigenvalue weighted by Gasteiger charge is 2.34. The first-order chi connectivity index (χ1) is 18.3. The number of rotatable bonds is 8. The fourth-order valence-corrected chi connectivity index (χ4v) is 6.61. The van der Waals surface area contributed by atoms with E-state index < -0.39 is 10.0 Å². The number of carbonyl (C=O) groups excluding carboxylic acids is 1. The molecule has 194 valence electrons. The molecule has 1 atom stereocenters. The van der Waals surface area contributed by atoms with Crippen LogP contribution in [-0.4, -0.2) is 42.8 Å². The minimum absolute atomic E-state index is 0.0123. The van der Waals surface area contributed by atoms with Crippen molar-refractivity contribution in [2.45, 2.75) is 43.7 Å². The highest BCUT2D eigenvalue weighted by molar-refractivity contribution is 7.89. The second-order valence-corrected chi connectivity index (χ2v) is 11.7. The molecular formula is C30H29N3O4S. The molecule has 2 heterocycles. The van der Waals surface area contributed by atoms with E-state index in [9.17, 15) is 13.2 Å².